The number of aliphatic hydroxyl groups is 1. The molecule has 0 bridgehead atoms. The minimum atomic E-state index is -0.812. The number of hydrogen-bond donors (Lipinski definition) is 1. The second-order valence-electron chi connectivity index (χ2n) is 3.08. The normalized spacial score (nSPS) is 12.8. The number of aliphatic hydroxyl groups excluding tert-OH is 1. The summed E-state index contributed by atoms with van der Waals surface area (Å²) < 4.78 is 0.626. The highest BCUT2D eigenvalue weighted by Gasteiger charge is 2.19. The van der Waals surface area contributed by atoms with E-state index in [0.29, 0.717) is 25.1 Å². The first-order valence-electron chi connectivity index (χ1n) is 4.31. The predicted octanol–water partition coefficient (Wildman–Crippen LogP) is 4.29. The van der Waals surface area contributed by atoms with Crippen LogP contribution in [-0.2, 0) is 0 Å². The summed E-state index contributed by atoms with van der Waals surface area (Å²) >= 11 is 16.5. The minimum absolute atomic E-state index is 0.484. The lowest BCUT2D eigenvalue weighted by atomic mass is 10.1. The van der Waals surface area contributed by atoms with Crippen molar-refractivity contribution in [3.8, 4) is 0 Å². The van der Waals surface area contributed by atoms with E-state index in [4.69, 9.17) is 23.2 Å². The molecule has 0 aliphatic carbocycles. The molecular weight excluding hydrogens is 333 g/mol. The molecule has 84 valence electrons. The fraction of sp³-hybridized carbons (Fsp3) is 0.100. The molecule has 16 heavy (non-hydrogen) atoms. The zero-order chi connectivity index (χ0) is 11.7. The summed E-state index contributed by atoms with van der Waals surface area (Å²) in [6.45, 7) is 0. The Labute approximate surface area is 115 Å². The Morgan fingerprint density at radius 2 is 2.12 bits per heavy atom. The van der Waals surface area contributed by atoms with E-state index < -0.39 is 6.10 Å². The highest BCUT2D eigenvalue weighted by atomic mass is 79.9. The van der Waals surface area contributed by atoms with Crippen molar-refractivity contribution in [3.63, 3.8) is 0 Å². The number of halogens is 3. The monoisotopic (exact) mass is 337 g/mol. The summed E-state index contributed by atoms with van der Waals surface area (Å²) in [6.07, 6.45) is -0.812. The van der Waals surface area contributed by atoms with Gasteiger partial charge >= 0.3 is 0 Å². The molecule has 0 fully saturated rings. The van der Waals surface area contributed by atoms with Crippen LogP contribution in [0.4, 0.5) is 0 Å². The van der Waals surface area contributed by atoms with Gasteiger partial charge in [0.15, 0.2) is 0 Å². The lowest BCUT2D eigenvalue weighted by Gasteiger charge is -2.11. The van der Waals surface area contributed by atoms with Gasteiger partial charge in [0, 0.05) is 15.6 Å². The fourth-order valence-electron chi connectivity index (χ4n) is 1.28. The molecule has 1 aromatic carbocycles. The van der Waals surface area contributed by atoms with Crippen molar-refractivity contribution in [2.24, 2.45) is 0 Å². The van der Waals surface area contributed by atoms with E-state index in [1.54, 1.807) is 23.7 Å². The Balaban J connectivity index is 2.45. The molecule has 0 saturated carbocycles. The van der Waals surface area contributed by atoms with Gasteiger partial charge in [-0.3, -0.25) is 0 Å². The van der Waals surface area contributed by atoms with E-state index >= 15 is 0 Å². The van der Waals surface area contributed by atoms with E-state index in [1.165, 1.54) is 11.3 Å². The molecule has 1 unspecified atom stereocenters. The van der Waals surface area contributed by atoms with Crippen molar-refractivity contribution >= 4 is 50.5 Å². The highest BCUT2D eigenvalue weighted by molar-refractivity contribution is 9.10. The maximum Gasteiger partial charge on any atom is 0.123 e. The van der Waals surface area contributed by atoms with E-state index in [-0.39, 0.29) is 0 Å². The third kappa shape index (κ3) is 2.41. The number of aromatic nitrogens is 1. The van der Waals surface area contributed by atoms with Crippen molar-refractivity contribution in [2.75, 3.05) is 0 Å². The molecule has 0 saturated heterocycles. The van der Waals surface area contributed by atoms with Gasteiger partial charge in [-0.25, -0.2) is 4.98 Å². The lowest BCUT2D eigenvalue weighted by molar-refractivity contribution is 0.223. The van der Waals surface area contributed by atoms with Gasteiger partial charge in [-0.2, -0.15) is 0 Å². The summed E-state index contributed by atoms with van der Waals surface area (Å²) in [5.41, 5.74) is 2.24. The van der Waals surface area contributed by atoms with Crippen molar-refractivity contribution in [3.05, 3.63) is 48.8 Å². The van der Waals surface area contributed by atoms with E-state index in [9.17, 15) is 5.11 Å². The van der Waals surface area contributed by atoms with Gasteiger partial charge in [0.1, 0.15) is 10.7 Å². The number of hydrogen-bond acceptors (Lipinski definition) is 3. The summed E-state index contributed by atoms with van der Waals surface area (Å²) in [6, 6.07) is 5.00. The molecule has 0 spiro atoms. The summed E-state index contributed by atoms with van der Waals surface area (Å²) in [5, 5.41) is 11.2. The smallest absolute Gasteiger partial charge is 0.123 e. The van der Waals surface area contributed by atoms with Crippen LogP contribution in [0.25, 0.3) is 0 Å². The average molecular weight is 339 g/mol. The number of nitrogens with zero attached hydrogens (tertiary/aromatic N) is 1. The summed E-state index contributed by atoms with van der Waals surface area (Å²) in [4.78, 5) is 4.73. The van der Waals surface area contributed by atoms with Crippen molar-refractivity contribution < 1.29 is 5.11 Å². The second-order valence-corrected chi connectivity index (χ2v) is 5.56. The van der Waals surface area contributed by atoms with Crippen LogP contribution in [0.5, 0.6) is 0 Å². The van der Waals surface area contributed by atoms with Crippen LogP contribution < -0.4 is 0 Å². The van der Waals surface area contributed by atoms with Crippen molar-refractivity contribution in [1.82, 2.24) is 4.98 Å². The Hall–Kier alpha value is -0.130. The number of thiazole rings is 1. The van der Waals surface area contributed by atoms with Crippen molar-refractivity contribution in [1.29, 1.82) is 0 Å². The zero-order valence-electron chi connectivity index (χ0n) is 7.82. The third-order valence-corrected chi connectivity index (χ3v) is 4.41. The molecule has 2 rings (SSSR count). The summed E-state index contributed by atoms with van der Waals surface area (Å²) in [7, 11) is 0. The van der Waals surface area contributed by atoms with Crippen LogP contribution in [0.3, 0.4) is 0 Å². The molecular formula is C10H6BrCl2NOS. The Kier molecular flexibility index (Phi) is 3.87. The van der Waals surface area contributed by atoms with Crippen LogP contribution in [0, 0.1) is 0 Å². The number of benzene rings is 1. The lowest BCUT2D eigenvalue weighted by Crippen LogP contribution is -1.99. The second kappa shape index (κ2) is 5.02. The maximum atomic E-state index is 10.2. The Bertz CT molecular complexity index is 517. The van der Waals surface area contributed by atoms with E-state index in [1.807, 2.05) is 0 Å². The van der Waals surface area contributed by atoms with Crippen LogP contribution in [0.15, 0.2) is 28.3 Å². The summed E-state index contributed by atoms with van der Waals surface area (Å²) in [5.74, 6) is 0. The third-order valence-electron chi connectivity index (χ3n) is 2.05. The van der Waals surface area contributed by atoms with Gasteiger partial charge in [0.25, 0.3) is 0 Å². The molecule has 1 heterocycles. The Morgan fingerprint density at radius 3 is 2.75 bits per heavy atom. The maximum absolute atomic E-state index is 10.2. The zero-order valence-corrected chi connectivity index (χ0v) is 11.7. The molecule has 1 atom stereocenters. The predicted molar refractivity (Wildman–Crippen MR) is 70.3 cm³/mol. The van der Waals surface area contributed by atoms with Gasteiger partial charge in [-0.05, 0) is 34.1 Å². The van der Waals surface area contributed by atoms with Gasteiger partial charge < -0.3 is 5.11 Å². The molecule has 2 aromatic rings. The molecule has 0 radical (unpaired) electrons. The first-order chi connectivity index (χ1) is 7.59. The molecule has 0 aliphatic rings. The van der Waals surface area contributed by atoms with Crippen LogP contribution in [0.2, 0.25) is 10.0 Å². The van der Waals surface area contributed by atoms with E-state index in [0.717, 1.165) is 0 Å². The molecule has 6 heteroatoms. The average Bonchev–Trinajstić information content (AvgIpc) is 2.67. The molecule has 0 aliphatic heterocycles. The molecule has 1 N–H and O–H groups in total. The minimum Gasteiger partial charge on any atom is -0.383 e. The quantitative estimate of drug-likeness (QED) is 0.885. The van der Waals surface area contributed by atoms with Crippen LogP contribution >= 0.6 is 50.5 Å². The van der Waals surface area contributed by atoms with Gasteiger partial charge in [-0.15, -0.1) is 11.3 Å². The molecule has 1 aromatic heterocycles. The Morgan fingerprint density at radius 1 is 1.38 bits per heavy atom. The van der Waals surface area contributed by atoms with Gasteiger partial charge in [-0.1, -0.05) is 23.2 Å². The highest BCUT2D eigenvalue weighted by Crippen LogP contribution is 2.35. The van der Waals surface area contributed by atoms with Crippen LogP contribution in [0.1, 0.15) is 16.5 Å². The van der Waals surface area contributed by atoms with Crippen molar-refractivity contribution in [2.45, 2.75) is 6.10 Å². The molecule has 2 nitrogen and oxygen atoms in total. The van der Waals surface area contributed by atoms with Gasteiger partial charge in [0.05, 0.1) is 10.4 Å². The number of rotatable bonds is 2. The topological polar surface area (TPSA) is 33.1 Å². The fourth-order valence-corrected chi connectivity index (χ4v) is 3.10. The van der Waals surface area contributed by atoms with Gasteiger partial charge in [0.2, 0.25) is 0 Å². The standard InChI is InChI=1S/C10H6BrCl2NOS/c11-10-9(16-4-14-10)8(15)6-3-5(12)1-2-7(6)13/h1-4,8,15H. The van der Waals surface area contributed by atoms with E-state index in [2.05, 4.69) is 20.9 Å². The van der Waals surface area contributed by atoms with Crippen LogP contribution in [-0.4, -0.2) is 10.1 Å². The largest absolute Gasteiger partial charge is 0.383 e. The first-order valence-corrected chi connectivity index (χ1v) is 6.74. The molecule has 0 amide bonds. The first kappa shape index (κ1) is 12.3. The SMILES string of the molecule is OC(c1cc(Cl)ccc1Cl)c1scnc1Br.